The second-order valence-corrected chi connectivity index (χ2v) is 5.40. The highest BCUT2D eigenvalue weighted by Crippen LogP contribution is 2.29. The van der Waals surface area contributed by atoms with Crippen LogP contribution in [0.25, 0.3) is 0 Å². The Morgan fingerprint density at radius 2 is 2.38 bits per heavy atom. The molecule has 1 atom stereocenters. The summed E-state index contributed by atoms with van der Waals surface area (Å²) in [7, 11) is 1.96. The van der Waals surface area contributed by atoms with E-state index in [0.29, 0.717) is 10.8 Å². The summed E-state index contributed by atoms with van der Waals surface area (Å²) in [5, 5.41) is 9.94. The van der Waals surface area contributed by atoms with Crippen molar-refractivity contribution in [1.29, 1.82) is 0 Å². The third-order valence-electron chi connectivity index (χ3n) is 2.48. The number of aryl methyl sites for hydroxylation is 2. The van der Waals surface area contributed by atoms with E-state index in [-0.39, 0.29) is 0 Å². The summed E-state index contributed by atoms with van der Waals surface area (Å²) in [5.41, 5.74) is 0. The van der Waals surface area contributed by atoms with Crippen LogP contribution in [0.2, 0.25) is 4.34 Å². The van der Waals surface area contributed by atoms with Gasteiger partial charge in [0.15, 0.2) is 0 Å². The highest BCUT2D eigenvalue weighted by atomic mass is 35.5. The number of imidazole rings is 1. The van der Waals surface area contributed by atoms with E-state index >= 15 is 0 Å². The van der Waals surface area contributed by atoms with E-state index < -0.39 is 6.10 Å². The first-order valence-corrected chi connectivity index (χ1v) is 6.26. The third kappa shape index (κ3) is 2.64. The summed E-state index contributed by atoms with van der Waals surface area (Å²) in [6.45, 7) is 0. The van der Waals surface area contributed by atoms with Crippen molar-refractivity contribution < 1.29 is 5.11 Å². The van der Waals surface area contributed by atoms with Gasteiger partial charge in [0.2, 0.25) is 0 Å². The molecule has 0 saturated carbocycles. The van der Waals surface area contributed by atoms with Crippen LogP contribution in [0.3, 0.4) is 0 Å². The van der Waals surface area contributed by atoms with Gasteiger partial charge in [-0.2, -0.15) is 0 Å². The number of hydrogen-bond donors (Lipinski definition) is 1. The van der Waals surface area contributed by atoms with E-state index in [1.54, 1.807) is 6.20 Å². The summed E-state index contributed by atoms with van der Waals surface area (Å²) < 4.78 is 2.68. The lowest BCUT2D eigenvalue weighted by Crippen LogP contribution is -2.02. The zero-order valence-corrected chi connectivity index (χ0v) is 10.5. The molecule has 2 aromatic heterocycles. The summed E-state index contributed by atoms with van der Waals surface area (Å²) in [6.07, 6.45) is 4.66. The Morgan fingerprint density at radius 1 is 1.56 bits per heavy atom. The zero-order valence-electron chi connectivity index (χ0n) is 8.93. The van der Waals surface area contributed by atoms with Crippen LogP contribution >= 0.6 is 22.9 Å². The molecule has 1 N–H and O–H groups in total. The zero-order chi connectivity index (χ0) is 11.5. The summed E-state index contributed by atoms with van der Waals surface area (Å²) in [5.74, 6) is 0.988. The van der Waals surface area contributed by atoms with Crippen LogP contribution in [0.1, 0.15) is 23.2 Å². The van der Waals surface area contributed by atoms with Crippen LogP contribution in [0.15, 0.2) is 24.5 Å². The molecule has 0 spiro atoms. The number of aliphatic hydroxyl groups excluding tert-OH is 1. The number of rotatable bonds is 4. The van der Waals surface area contributed by atoms with Crippen molar-refractivity contribution in [3.63, 3.8) is 0 Å². The molecule has 5 heteroatoms. The van der Waals surface area contributed by atoms with Gasteiger partial charge in [-0.15, -0.1) is 11.3 Å². The average Bonchev–Trinajstić information content (AvgIpc) is 2.84. The lowest BCUT2D eigenvalue weighted by Gasteiger charge is -2.07. The predicted molar refractivity (Wildman–Crippen MR) is 65.8 cm³/mol. The van der Waals surface area contributed by atoms with Crippen molar-refractivity contribution in [1.82, 2.24) is 9.55 Å². The fourth-order valence-electron chi connectivity index (χ4n) is 1.55. The van der Waals surface area contributed by atoms with Gasteiger partial charge in [0.25, 0.3) is 0 Å². The monoisotopic (exact) mass is 256 g/mol. The minimum Gasteiger partial charge on any atom is -0.388 e. The standard InChI is InChI=1S/C11H13ClN2OS/c1-14-7-6-13-11(14)5-2-8(15)9-3-4-10(12)16-9/h3-4,6-8,15H,2,5H2,1H3. The highest BCUT2D eigenvalue weighted by Gasteiger charge is 2.11. The number of nitrogens with zero attached hydrogens (tertiary/aromatic N) is 2. The topological polar surface area (TPSA) is 38.0 Å². The molecule has 2 aromatic rings. The third-order valence-corrected chi connectivity index (χ3v) is 3.82. The molecular formula is C11H13ClN2OS. The van der Waals surface area contributed by atoms with Crippen molar-refractivity contribution >= 4 is 22.9 Å². The summed E-state index contributed by atoms with van der Waals surface area (Å²) in [4.78, 5) is 5.13. The Bertz CT molecular complexity index is 466. The second kappa shape index (κ2) is 4.99. The van der Waals surface area contributed by atoms with Crippen molar-refractivity contribution in [2.45, 2.75) is 18.9 Å². The van der Waals surface area contributed by atoms with Crippen LogP contribution in [0.5, 0.6) is 0 Å². The van der Waals surface area contributed by atoms with E-state index in [0.717, 1.165) is 17.1 Å². The minimum atomic E-state index is -0.450. The van der Waals surface area contributed by atoms with Crippen LogP contribution in [-0.4, -0.2) is 14.7 Å². The second-order valence-electron chi connectivity index (χ2n) is 3.65. The molecule has 0 amide bonds. The number of hydrogen-bond acceptors (Lipinski definition) is 3. The Hall–Kier alpha value is -0.840. The van der Waals surface area contributed by atoms with Crippen molar-refractivity contribution in [3.8, 4) is 0 Å². The smallest absolute Gasteiger partial charge is 0.108 e. The summed E-state index contributed by atoms with van der Waals surface area (Å²) >= 11 is 7.25. The van der Waals surface area contributed by atoms with E-state index in [2.05, 4.69) is 4.98 Å². The molecule has 0 fully saturated rings. The van der Waals surface area contributed by atoms with Crippen molar-refractivity contribution in [3.05, 3.63) is 39.6 Å². The number of aliphatic hydroxyl groups is 1. The van der Waals surface area contributed by atoms with Gasteiger partial charge in [0.1, 0.15) is 5.82 Å². The maximum Gasteiger partial charge on any atom is 0.108 e. The first kappa shape index (κ1) is 11.6. The Morgan fingerprint density at radius 3 is 2.94 bits per heavy atom. The number of halogens is 1. The van der Waals surface area contributed by atoms with E-state index in [9.17, 15) is 5.11 Å². The van der Waals surface area contributed by atoms with Gasteiger partial charge in [0.05, 0.1) is 10.4 Å². The molecule has 0 radical (unpaired) electrons. The molecule has 86 valence electrons. The highest BCUT2D eigenvalue weighted by molar-refractivity contribution is 7.16. The van der Waals surface area contributed by atoms with Crippen LogP contribution < -0.4 is 0 Å². The van der Waals surface area contributed by atoms with E-state index in [4.69, 9.17) is 11.6 Å². The molecule has 0 aliphatic rings. The van der Waals surface area contributed by atoms with Crippen molar-refractivity contribution in [2.24, 2.45) is 7.05 Å². The molecule has 3 nitrogen and oxygen atoms in total. The van der Waals surface area contributed by atoms with Gasteiger partial charge in [-0.3, -0.25) is 0 Å². The van der Waals surface area contributed by atoms with Gasteiger partial charge < -0.3 is 9.67 Å². The van der Waals surface area contributed by atoms with Gasteiger partial charge >= 0.3 is 0 Å². The Balaban J connectivity index is 1.93. The molecular weight excluding hydrogens is 244 g/mol. The van der Waals surface area contributed by atoms with Crippen LogP contribution in [0, 0.1) is 0 Å². The van der Waals surface area contributed by atoms with Crippen molar-refractivity contribution in [2.75, 3.05) is 0 Å². The van der Waals surface area contributed by atoms with Crippen LogP contribution in [-0.2, 0) is 13.5 Å². The molecule has 1 unspecified atom stereocenters. The molecule has 0 aliphatic heterocycles. The molecule has 2 heterocycles. The van der Waals surface area contributed by atoms with Gasteiger partial charge in [-0.1, -0.05) is 11.6 Å². The van der Waals surface area contributed by atoms with Gasteiger partial charge in [0, 0.05) is 30.7 Å². The minimum absolute atomic E-state index is 0.450. The van der Waals surface area contributed by atoms with Crippen LogP contribution in [0.4, 0.5) is 0 Å². The quantitative estimate of drug-likeness (QED) is 0.914. The predicted octanol–water partition coefficient (Wildman–Crippen LogP) is 2.80. The molecule has 16 heavy (non-hydrogen) atoms. The summed E-state index contributed by atoms with van der Waals surface area (Å²) in [6, 6.07) is 3.68. The number of thiophene rings is 1. The molecule has 0 bridgehead atoms. The maximum absolute atomic E-state index is 9.94. The van der Waals surface area contributed by atoms with Gasteiger partial charge in [-0.25, -0.2) is 4.98 Å². The first-order valence-electron chi connectivity index (χ1n) is 5.06. The molecule has 0 aliphatic carbocycles. The molecule has 0 aromatic carbocycles. The Kier molecular flexibility index (Phi) is 3.63. The van der Waals surface area contributed by atoms with Gasteiger partial charge in [-0.05, 0) is 18.6 Å². The first-order chi connectivity index (χ1) is 7.66. The largest absolute Gasteiger partial charge is 0.388 e. The molecule has 2 rings (SSSR count). The fraction of sp³-hybridized carbons (Fsp3) is 0.364. The lowest BCUT2D eigenvalue weighted by molar-refractivity contribution is 0.170. The number of aromatic nitrogens is 2. The normalized spacial score (nSPS) is 12.9. The SMILES string of the molecule is Cn1ccnc1CCC(O)c1ccc(Cl)s1. The van der Waals surface area contributed by atoms with E-state index in [1.807, 2.05) is 29.9 Å². The van der Waals surface area contributed by atoms with E-state index in [1.165, 1.54) is 11.3 Å². The fourth-order valence-corrected chi connectivity index (χ4v) is 2.63. The lowest BCUT2D eigenvalue weighted by atomic mass is 10.1. The molecule has 0 saturated heterocycles. The average molecular weight is 257 g/mol. The maximum atomic E-state index is 9.94. The Labute approximate surface area is 103 Å².